The number of benzene rings is 1. The van der Waals surface area contributed by atoms with Gasteiger partial charge in [0.05, 0.1) is 0 Å². The molecule has 124 valence electrons. The van der Waals surface area contributed by atoms with E-state index in [-0.39, 0.29) is 5.92 Å². The molecule has 1 aromatic carbocycles. The average molecular weight is 312 g/mol. The molecule has 0 saturated carbocycles. The first-order valence-electron chi connectivity index (χ1n) is 8.85. The zero-order chi connectivity index (χ0) is 16.6. The Kier molecular flexibility index (Phi) is 4.52. The first-order chi connectivity index (χ1) is 11.0. The van der Waals surface area contributed by atoms with E-state index in [4.69, 9.17) is 4.74 Å². The molecular weight excluding hydrogens is 284 g/mol. The number of ether oxygens (including phenoxy) is 1. The van der Waals surface area contributed by atoms with Crippen molar-refractivity contribution in [2.75, 3.05) is 0 Å². The Morgan fingerprint density at radius 3 is 2.87 bits per heavy atom. The fourth-order valence-electron chi connectivity index (χ4n) is 3.88. The summed E-state index contributed by atoms with van der Waals surface area (Å²) in [5.41, 5.74) is 3.51. The molecule has 0 radical (unpaired) electrons. The highest BCUT2D eigenvalue weighted by Crippen LogP contribution is 2.51. The van der Waals surface area contributed by atoms with Gasteiger partial charge in [0.25, 0.3) is 0 Å². The van der Waals surface area contributed by atoms with E-state index in [1.165, 1.54) is 12.0 Å². The van der Waals surface area contributed by atoms with Crippen LogP contribution in [0, 0.1) is 11.8 Å². The van der Waals surface area contributed by atoms with Gasteiger partial charge in [0.2, 0.25) is 0 Å². The maximum Gasteiger partial charge on any atom is 0.134 e. The predicted molar refractivity (Wildman–Crippen MR) is 94.9 cm³/mol. The minimum Gasteiger partial charge on any atom is -0.507 e. The van der Waals surface area contributed by atoms with Crippen LogP contribution in [-0.2, 0) is 6.42 Å². The Balaban J connectivity index is 1.90. The minimum absolute atomic E-state index is 0.213. The lowest BCUT2D eigenvalue weighted by Gasteiger charge is -2.37. The molecule has 0 saturated heterocycles. The second-order valence-electron chi connectivity index (χ2n) is 7.57. The third kappa shape index (κ3) is 3.31. The summed E-state index contributed by atoms with van der Waals surface area (Å²) in [5.74, 6) is 3.27. The number of fused-ring (bicyclic) bond motifs is 3. The van der Waals surface area contributed by atoms with Crippen LogP contribution in [0.1, 0.15) is 63.5 Å². The van der Waals surface area contributed by atoms with E-state index in [0.717, 1.165) is 48.3 Å². The predicted octanol–water partition coefficient (Wildman–Crippen LogP) is 5.72. The summed E-state index contributed by atoms with van der Waals surface area (Å²) in [7, 11) is 0. The molecule has 1 heterocycles. The van der Waals surface area contributed by atoms with E-state index in [1.807, 2.05) is 6.07 Å². The molecule has 2 heteroatoms. The number of phenolic OH excluding ortho intramolecular Hbond substituents is 1. The highest BCUT2D eigenvalue weighted by atomic mass is 16.5. The number of hydrogen-bond acceptors (Lipinski definition) is 2. The first kappa shape index (κ1) is 16.2. The SMILES string of the molecule is C=C1Oc2cc(CCCC(C)C)cc(O)c2[C@@H]2C=C(C)CC[C@@H]12. The van der Waals surface area contributed by atoms with Crippen molar-refractivity contribution in [2.24, 2.45) is 11.8 Å². The van der Waals surface area contributed by atoms with Crippen LogP contribution < -0.4 is 4.74 Å². The summed E-state index contributed by atoms with van der Waals surface area (Å²) >= 11 is 0. The van der Waals surface area contributed by atoms with Crippen molar-refractivity contribution in [3.05, 3.63) is 47.2 Å². The summed E-state index contributed by atoms with van der Waals surface area (Å²) in [6, 6.07) is 4.04. The van der Waals surface area contributed by atoms with Crippen molar-refractivity contribution in [1.29, 1.82) is 0 Å². The number of phenols is 1. The van der Waals surface area contributed by atoms with Crippen molar-refractivity contribution in [3.63, 3.8) is 0 Å². The third-order valence-electron chi connectivity index (χ3n) is 5.16. The fourth-order valence-corrected chi connectivity index (χ4v) is 3.88. The Morgan fingerprint density at radius 2 is 2.13 bits per heavy atom. The minimum atomic E-state index is 0.213. The van der Waals surface area contributed by atoms with Gasteiger partial charge < -0.3 is 9.84 Å². The molecule has 1 N–H and O–H groups in total. The van der Waals surface area contributed by atoms with Crippen molar-refractivity contribution in [2.45, 2.75) is 58.8 Å². The molecule has 1 aliphatic heterocycles. The molecule has 2 nitrogen and oxygen atoms in total. The molecule has 0 bridgehead atoms. The Bertz CT molecular complexity index is 639. The van der Waals surface area contributed by atoms with Crippen LogP contribution >= 0.6 is 0 Å². The van der Waals surface area contributed by atoms with Gasteiger partial charge in [0, 0.05) is 17.4 Å². The van der Waals surface area contributed by atoms with Crippen molar-refractivity contribution in [3.8, 4) is 11.5 Å². The standard InChI is InChI=1S/C21H28O2/c1-13(2)6-5-7-16-11-19(22)21-18-10-14(3)8-9-17(18)15(4)23-20(21)12-16/h10-13,17-18,22H,4-9H2,1-3H3/t17-,18+/m0/s1. The topological polar surface area (TPSA) is 29.5 Å². The quantitative estimate of drug-likeness (QED) is 0.721. The number of rotatable bonds is 4. The van der Waals surface area contributed by atoms with Gasteiger partial charge in [-0.3, -0.25) is 0 Å². The maximum absolute atomic E-state index is 10.6. The Hall–Kier alpha value is -1.70. The maximum atomic E-state index is 10.6. The van der Waals surface area contributed by atoms with E-state index in [9.17, 15) is 5.11 Å². The summed E-state index contributed by atoms with van der Waals surface area (Å²) < 4.78 is 6.00. The highest BCUT2D eigenvalue weighted by molar-refractivity contribution is 5.54. The number of allylic oxidation sites excluding steroid dienone is 3. The summed E-state index contributed by atoms with van der Waals surface area (Å²) in [4.78, 5) is 0. The van der Waals surface area contributed by atoms with Crippen LogP contribution in [0.25, 0.3) is 0 Å². The molecule has 0 unspecified atom stereocenters. The summed E-state index contributed by atoms with van der Waals surface area (Å²) in [5, 5.41) is 10.6. The monoisotopic (exact) mass is 312 g/mol. The van der Waals surface area contributed by atoms with Gasteiger partial charge in [0.1, 0.15) is 17.3 Å². The van der Waals surface area contributed by atoms with Gasteiger partial charge >= 0.3 is 0 Å². The lowest BCUT2D eigenvalue weighted by atomic mass is 9.74. The lowest BCUT2D eigenvalue weighted by Crippen LogP contribution is -2.25. The third-order valence-corrected chi connectivity index (χ3v) is 5.16. The van der Waals surface area contributed by atoms with E-state index < -0.39 is 0 Å². The zero-order valence-electron chi connectivity index (χ0n) is 14.6. The van der Waals surface area contributed by atoms with Gasteiger partial charge in [-0.05, 0) is 56.2 Å². The van der Waals surface area contributed by atoms with Gasteiger partial charge in [-0.1, -0.05) is 38.5 Å². The molecule has 2 aliphatic rings. The largest absolute Gasteiger partial charge is 0.507 e. The fraction of sp³-hybridized carbons (Fsp3) is 0.524. The van der Waals surface area contributed by atoms with Crippen LogP contribution in [0.4, 0.5) is 0 Å². The van der Waals surface area contributed by atoms with Gasteiger partial charge in [-0.15, -0.1) is 0 Å². The molecule has 0 aromatic heterocycles. The van der Waals surface area contributed by atoms with E-state index >= 15 is 0 Å². The smallest absolute Gasteiger partial charge is 0.134 e. The van der Waals surface area contributed by atoms with Crippen LogP contribution in [0.2, 0.25) is 0 Å². The molecule has 0 spiro atoms. The normalized spacial score (nSPS) is 23.1. The second kappa shape index (κ2) is 6.43. The molecular formula is C21H28O2. The van der Waals surface area contributed by atoms with Crippen molar-refractivity contribution >= 4 is 0 Å². The molecule has 3 rings (SSSR count). The molecule has 23 heavy (non-hydrogen) atoms. The van der Waals surface area contributed by atoms with Crippen molar-refractivity contribution in [1.82, 2.24) is 0 Å². The van der Waals surface area contributed by atoms with Crippen molar-refractivity contribution < 1.29 is 9.84 Å². The second-order valence-corrected chi connectivity index (χ2v) is 7.57. The average Bonchev–Trinajstić information content (AvgIpc) is 2.46. The van der Waals surface area contributed by atoms with Gasteiger partial charge in [0.15, 0.2) is 0 Å². The van der Waals surface area contributed by atoms with Crippen LogP contribution in [0.5, 0.6) is 11.5 Å². The van der Waals surface area contributed by atoms with E-state index in [0.29, 0.717) is 17.6 Å². The zero-order valence-corrected chi connectivity index (χ0v) is 14.6. The van der Waals surface area contributed by atoms with E-state index in [2.05, 4.69) is 39.5 Å². The van der Waals surface area contributed by atoms with Gasteiger partial charge in [-0.2, -0.15) is 0 Å². The molecule has 1 aliphatic carbocycles. The van der Waals surface area contributed by atoms with Crippen LogP contribution in [0.15, 0.2) is 36.1 Å². The molecule has 2 atom stereocenters. The first-order valence-corrected chi connectivity index (χ1v) is 8.85. The van der Waals surface area contributed by atoms with Gasteiger partial charge in [-0.25, -0.2) is 0 Å². The van der Waals surface area contributed by atoms with E-state index in [1.54, 1.807) is 0 Å². The van der Waals surface area contributed by atoms with Crippen LogP contribution in [0.3, 0.4) is 0 Å². The van der Waals surface area contributed by atoms with Crippen LogP contribution in [-0.4, -0.2) is 5.11 Å². The molecule has 0 fully saturated rings. The Morgan fingerprint density at radius 1 is 1.35 bits per heavy atom. The number of hydrogen-bond donors (Lipinski definition) is 1. The number of aromatic hydroxyl groups is 1. The lowest BCUT2D eigenvalue weighted by molar-refractivity contribution is 0.275. The molecule has 0 amide bonds. The summed E-state index contributed by atoms with van der Waals surface area (Å²) in [6.07, 6.45) is 7.77. The Labute approximate surface area is 139 Å². The molecule has 1 aromatic rings. The highest BCUT2D eigenvalue weighted by Gasteiger charge is 2.36. The number of aryl methyl sites for hydroxylation is 1. The summed E-state index contributed by atoms with van der Waals surface area (Å²) in [6.45, 7) is 10.8.